The number of urea groups is 1. The van der Waals surface area contributed by atoms with Crippen molar-refractivity contribution in [2.45, 2.75) is 20.3 Å². The molecule has 0 saturated heterocycles. The summed E-state index contributed by atoms with van der Waals surface area (Å²) < 4.78 is 5.30. The van der Waals surface area contributed by atoms with Crippen LogP contribution in [0.25, 0.3) is 0 Å². The standard InChI is InChI=1S/C16H24N2O4/c1-11-5-6-14(22-4)13(9-11)7-8-17-16(21)18(3)10-12(2)15(19)20/h5-6,9,12H,7-8,10H2,1-4H3,(H,17,21)(H,19,20). The number of carbonyl (C=O) groups excluding carboxylic acids is 1. The monoisotopic (exact) mass is 308 g/mol. The minimum absolute atomic E-state index is 0.176. The maximum Gasteiger partial charge on any atom is 0.317 e. The summed E-state index contributed by atoms with van der Waals surface area (Å²) in [5, 5.41) is 11.6. The average molecular weight is 308 g/mol. The van der Waals surface area contributed by atoms with Crippen molar-refractivity contribution in [3.63, 3.8) is 0 Å². The molecule has 1 atom stereocenters. The van der Waals surface area contributed by atoms with Crippen LogP contribution in [-0.2, 0) is 11.2 Å². The number of ether oxygens (including phenoxy) is 1. The molecule has 0 fully saturated rings. The molecule has 0 aromatic heterocycles. The van der Waals surface area contributed by atoms with Gasteiger partial charge in [0.15, 0.2) is 0 Å². The lowest BCUT2D eigenvalue weighted by atomic mass is 10.1. The molecule has 0 aliphatic carbocycles. The molecule has 1 rings (SSSR count). The molecular formula is C16H24N2O4. The number of nitrogens with zero attached hydrogens (tertiary/aromatic N) is 1. The first kappa shape index (κ1) is 17.8. The van der Waals surface area contributed by atoms with Crippen LogP contribution in [0.1, 0.15) is 18.1 Å². The van der Waals surface area contributed by atoms with Gasteiger partial charge in [-0.1, -0.05) is 24.6 Å². The van der Waals surface area contributed by atoms with E-state index in [0.717, 1.165) is 16.9 Å². The number of carbonyl (C=O) groups is 2. The normalized spacial score (nSPS) is 11.6. The number of hydrogen-bond donors (Lipinski definition) is 2. The third kappa shape index (κ3) is 5.27. The Morgan fingerprint density at radius 3 is 2.68 bits per heavy atom. The molecule has 0 bridgehead atoms. The van der Waals surface area contributed by atoms with Gasteiger partial charge >= 0.3 is 12.0 Å². The second-order valence-electron chi connectivity index (χ2n) is 5.42. The number of aliphatic carboxylic acids is 1. The van der Waals surface area contributed by atoms with Gasteiger partial charge in [0.2, 0.25) is 0 Å². The highest BCUT2D eigenvalue weighted by Crippen LogP contribution is 2.19. The van der Waals surface area contributed by atoms with Gasteiger partial charge in [-0.3, -0.25) is 4.79 Å². The first-order valence-corrected chi connectivity index (χ1v) is 7.20. The van der Waals surface area contributed by atoms with E-state index in [1.54, 1.807) is 21.1 Å². The number of aryl methyl sites for hydroxylation is 1. The van der Waals surface area contributed by atoms with E-state index >= 15 is 0 Å². The predicted octanol–water partition coefficient (Wildman–Crippen LogP) is 1.91. The second-order valence-corrected chi connectivity index (χ2v) is 5.42. The van der Waals surface area contributed by atoms with Gasteiger partial charge in [-0.15, -0.1) is 0 Å². The number of nitrogens with one attached hydrogen (secondary N) is 1. The van der Waals surface area contributed by atoms with E-state index in [-0.39, 0.29) is 12.6 Å². The topological polar surface area (TPSA) is 78.9 Å². The predicted molar refractivity (Wildman–Crippen MR) is 84.3 cm³/mol. The summed E-state index contributed by atoms with van der Waals surface area (Å²) in [4.78, 5) is 24.1. The third-order valence-corrected chi connectivity index (χ3v) is 3.42. The van der Waals surface area contributed by atoms with Gasteiger partial charge in [0.25, 0.3) is 0 Å². The zero-order valence-electron chi connectivity index (χ0n) is 13.5. The molecule has 6 nitrogen and oxygen atoms in total. The van der Waals surface area contributed by atoms with Crippen molar-refractivity contribution >= 4 is 12.0 Å². The Labute approximate surface area is 131 Å². The number of hydrogen-bond acceptors (Lipinski definition) is 3. The van der Waals surface area contributed by atoms with Crippen LogP contribution >= 0.6 is 0 Å². The van der Waals surface area contributed by atoms with Gasteiger partial charge in [0.05, 0.1) is 13.0 Å². The van der Waals surface area contributed by atoms with E-state index < -0.39 is 11.9 Å². The van der Waals surface area contributed by atoms with Gasteiger partial charge in [-0.25, -0.2) is 4.79 Å². The van der Waals surface area contributed by atoms with Crippen LogP contribution in [0.5, 0.6) is 5.75 Å². The van der Waals surface area contributed by atoms with Crippen molar-refractivity contribution in [2.24, 2.45) is 5.92 Å². The summed E-state index contributed by atoms with van der Waals surface area (Å²) >= 11 is 0. The van der Waals surface area contributed by atoms with Gasteiger partial charge in [0.1, 0.15) is 5.75 Å². The molecule has 0 radical (unpaired) electrons. The summed E-state index contributed by atoms with van der Waals surface area (Å²) in [5.74, 6) is -0.704. The molecule has 1 unspecified atom stereocenters. The minimum atomic E-state index is -0.913. The SMILES string of the molecule is COc1ccc(C)cc1CCNC(=O)N(C)CC(C)C(=O)O. The molecular weight excluding hydrogens is 284 g/mol. The van der Waals surface area contributed by atoms with Crippen molar-refractivity contribution in [3.05, 3.63) is 29.3 Å². The van der Waals surface area contributed by atoms with Gasteiger partial charge in [-0.2, -0.15) is 0 Å². The Balaban J connectivity index is 2.48. The summed E-state index contributed by atoms with van der Waals surface area (Å²) in [6.45, 7) is 4.21. The molecule has 0 aliphatic rings. The lowest BCUT2D eigenvalue weighted by Gasteiger charge is -2.20. The Kier molecular flexibility index (Phi) is 6.69. The first-order valence-electron chi connectivity index (χ1n) is 7.20. The van der Waals surface area contributed by atoms with Crippen molar-refractivity contribution in [2.75, 3.05) is 27.2 Å². The Bertz CT molecular complexity index is 531. The largest absolute Gasteiger partial charge is 0.496 e. The van der Waals surface area contributed by atoms with Crippen LogP contribution in [0, 0.1) is 12.8 Å². The van der Waals surface area contributed by atoms with Crippen LogP contribution < -0.4 is 10.1 Å². The van der Waals surface area contributed by atoms with Gasteiger partial charge in [-0.05, 0) is 25.0 Å². The zero-order valence-corrected chi connectivity index (χ0v) is 13.5. The Morgan fingerprint density at radius 2 is 2.09 bits per heavy atom. The van der Waals surface area contributed by atoms with Crippen molar-refractivity contribution in [1.29, 1.82) is 0 Å². The van der Waals surface area contributed by atoms with Gasteiger partial charge in [0, 0.05) is 20.1 Å². The van der Waals surface area contributed by atoms with Crippen molar-refractivity contribution in [1.82, 2.24) is 10.2 Å². The maximum absolute atomic E-state index is 11.9. The molecule has 22 heavy (non-hydrogen) atoms. The van der Waals surface area contributed by atoms with Crippen LogP contribution in [0.15, 0.2) is 18.2 Å². The molecule has 2 N–H and O–H groups in total. The van der Waals surface area contributed by atoms with Crippen LogP contribution in [0.4, 0.5) is 4.79 Å². The lowest BCUT2D eigenvalue weighted by Crippen LogP contribution is -2.41. The van der Waals surface area contributed by atoms with Crippen molar-refractivity contribution < 1.29 is 19.4 Å². The number of amides is 2. The van der Waals surface area contributed by atoms with E-state index in [4.69, 9.17) is 9.84 Å². The van der Waals surface area contributed by atoms with Gasteiger partial charge < -0.3 is 20.1 Å². The van der Waals surface area contributed by atoms with E-state index in [2.05, 4.69) is 5.32 Å². The molecule has 6 heteroatoms. The Hall–Kier alpha value is -2.24. The fraction of sp³-hybridized carbons (Fsp3) is 0.500. The summed E-state index contributed by atoms with van der Waals surface area (Å²) in [7, 11) is 3.20. The Morgan fingerprint density at radius 1 is 1.41 bits per heavy atom. The maximum atomic E-state index is 11.9. The first-order chi connectivity index (χ1) is 10.3. The molecule has 0 aliphatic heterocycles. The van der Waals surface area contributed by atoms with Crippen LogP contribution in [-0.4, -0.2) is 49.3 Å². The zero-order chi connectivity index (χ0) is 16.7. The molecule has 0 spiro atoms. The fourth-order valence-corrected chi connectivity index (χ4v) is 2.11. The highest BCUT2D eigenvalue weighted by Gasteiger charge is 2.17. The minimum Gasteiger partial charge on any atom is -0.496 e. The van der Waals surface area contributed by atoms with E-state index in [9.17, 15) is 9.59 Å². The summed E-state index contributed by atoms with van der Waals surface area (Å²) in [6, 6.07) is 5.63. The highest BCUT2D eigenvalue weighted by atomic mass is 16.5. The molecule has 0 heterocycles. The smallest absolute Gasteiger partial charge is 0.317 e. The summed E-state index contributed by atoms with van der Waals surface area (Å²) in [6.07, 6.45) is 0.652. The number of carboxylic acids is 1. The summed E-state index contributed by atoms with van der Waals surface area (Å²) in [5.41, 5.74) is 2.17. The highest BCUT2D eigenvalue weighted by molar-refractivity contribution is 5.75. The number of rotatable bonds is 7. The second kappa shape index (κ2) is 8.26. The van der Waals surface area contributed by atoms with E-state index in [1.807, 2.05) is 25.1 Å². The number of carboxylic acid groups (broad SMARTS) is 1. The lowest BCUT2D eigenvalue weighted by molar-refractivity contribution is -0.141. The van der Waals surface area contributed by atoms with E-state index in [1.165, 1.54) is 4.90 Å². The molecule has 1 aromatic carbocycles. The van der Waals surface area contributed by atoms with Crippen molar-refractivity contribution in [3.8, 4) is 5.75 Å². The number of benzene rings is 1. The quantitative estimate of drug-likeness (QED) is 0.806. The van der Waals surface area contributed by atoms with Crippen LogP contribution in [0.3, 0.4) is 0 Å². The van der Waals surface area contributed by atoms with E-state index in [0.29, 0.717) is 13.0 Å². The molecule has 122 valence electrons. The molecule has 2 amide bonds. The number of methoxy groups -OCH3 is 1. The molecule has 0 saturated carbocycles. The molecule has 1 aromatic rings. The van der Waals surface area contributed by atoms with Crippen LogP contribution in [0.2, 0.25) is 0 Å². The third-order valence-electron chi connectivity index (χ3n) is 3.42. The fourth-order valence-electron chi connectivity index (χ4n) is 2.11. The average Bonchev–Trinajstić information content (AvgIpc) is 2.47.